The van der Waals surface area contributed by atoms with Gasteiger partial charge < -0.3 is 10.3 Å². The van der Waals surface area contributed by atoms with Gasteiger partial charge in [0.1, 0.15) is 11.6 Å². The quantitative estimate of drug-likeness (QED) is 0.895. The summed E-state index contributed by atoms with van der Waals surface area (Å²) in [5.41, 5.74) is 0.801. The number of rotatable bonds is 3. The number of hydrogen-bond donors (Lipinski definition) is 2. The highest BCUT2D eigenvalue weighted by molar-refractivity contribution is 6.31. The maximum absolute atomic E-state index is 11.3. The molecule has 1 aromatic carbocycles. The maximum atomic E-state index is 11.3. The van der Waals surface area contributed by atoms with Crippen molar-refractivity contribution >= 4 is 17.4 Å². The molecule has 4 nitrogen and oxygen atoms in total. The molecule has 2 rings (SSSR count). The zero-order valence-electron chi connectivity index (χ0n) is 10.2. The van der Waals surface area contributed by atoms with Crippen molar-refractivity contribution in [3.05, 3.63) is 57.1 Å². The molecule has 0 spiro atoms. The highest BCUT2D eigenvalue weighted by Gasteiger charge is 2.09. The fourth-order valence-electron chi connectivity index (χ4n) is 1.78. The minimum Gasteiger partial charge on any atom is -0.363 e. The van der Waals surface area contributed by atoms with E-state index in [-0.39, 0.29) is 11.6 Å². The number of benzene rings is 1. The van der Waals surface area contributed by atoms with Crippen LogP contribution in [-0.2, 0) is 0 Å². The molecule has 0 aliphatic rings. The second-order valence-corrected chi connectivity index (χ2v) is 4.51. The van der Waals surface area contributed by atoms with Crippen molar-refractivity contribution in [3.63, 3.8) is 0 Å². The van der Waals surface area contributed by atoms with E-state index in [9.17, 15) is 4.79 Å². The number of aromatic amines is 1. The standard InChI is InChI=1S/C13H14ClN3O/c1-8(10-5-3-4-6-11(10)14)15-12-7-13(18)17-9(2)16-12/h3-8H,1-2H3,(H2,15,16,17,18). The van der Waals surface area contributed by atoms with Gasteiger partial charge in [-0.25, -0.2) is 4.98 Å². The summed E-state index contributed by atoms with van der Waals surface area (Å²) in [6, 6.07) is 9.00. The van der Waals surface area contributed by atoms with Crippen molar-refractivity contribution in [2.45, 2.75) is 19.9 Å². The summed E-state index contributed by atoms with van der Waals surface area (Å²) in [5.74, 6) is 1.13. The number of nitrogens with one attached hydrogen (secondary N) is 2. The molecule has 0 saturated heterocycles. The molecule has 0 aliphatic carbocycles. The molecule has 0 fully saturated rings. The Hall–Kier alpha value is -1.81. The van der Waals surface area contributed by atoms with Crippen molar-refractivity contribution in [1.29, 1.82) is 0 Å². The normalized spacial score (nSPS) is 12.2. The van der Waals surface area contributed by atoms with Gasteiger partial charge in [0.15, 0.2) is 0 Å². The van der Waals surface area contributed by atoms with Gasteiger partial charge >= 0.3 is 0 Å². The topological polar surface area (TPSA) is 57.8 Å². The van der Waals surface area contributed by atoms with Crippen molar-refractivity contribution in [2.75, 3.05) is 5.32 Å². The van der Waals surface area contributed by atoms with Crippen molar-refractivity contribution in [3.8, 4) is 0 Å². The van der Waals surface area contributed by atoms with E-state index in [1.165, 1.54) is 6.07 Å². The number of anilines is 1. The van der Waals surface area contributed by atoms with Gasteiger partial charge in [-0.3, -0.25) is 4.79 Å². The molecular formula is C13H14ClN3O. The average Bonchev–Trinajstić information content (AvgIpc) is 2.27. The molecule has 1 heterocycles. The largest absolute Gasteiger partial charge is 0.363 e. The summed E-state index contributed by atoms with van der Waals surface area (Å²) in [6.45, 7) is 3.71. The summed E-state index contributed by atoms with van der Waals surface area (Å²) >= 11 is 6.12. The monoisotopic (exact) mass is 263 g/mol. The van der Waals surface area contributed by atoms with Crippen LogP contribution in [0, 0.1) is 6.92 Å². The van der Waals surface area contributed by atoms with Gasteiger partial charge in [-0.05, 0) is 25.5 Å². The maximum Gasteiger partial charge on any atom is 0.252 e. The molecule has 18 heavy (non-hydrogen) atoms. The van der Waals surface area contributed by atoms with E-state index in [0.717, 1.165) is 5.56 Å². The van der Waals surface area contributed by atoms with E-state index in [1.54, 1.807) is 6.92 Å². The molecule has 0 bridgehead atoms. The Morgan fingerprint density at radius 1 is 1.39 bits per heavy atom. The Kier molecular flexibility index (Phi) is 3.67. The Bertz CT molecular complexity index is 609. The lowest BCUT2D eigenvalue weighted by atomic mass is 10.1. The van der Waals surface area contributed by atoms with Crippen LogP contribution in [0.4, 0.5) is 5.82 Å². The van der Waals surface area contributed by atoms with E-state index in [2.05, 4.69) is 15.3 Å². The van der Waals surface area contributed by atoms with Gasteiger partial charge in [-0.2, -0.15) is 0 Å². The number of nitrogens with zero attached hydrogens (tertiary/aromatic N) is 1. The molecule has 0 amide bonds. The van der Waals surface area contributed by atoms with E-state index in [4.69, 9.17) is 11.6 Å². The first-order chi connectivity index (χ1) is 8.56. The lowest BCUT2D eigenvalue weighted by molar-refractivity contribution is 0.864. The number of hydrogen-bond acceptors (Lipinski definition) is 3. The predicted octanol–water partition coefficient (Wildman–Crippen LogP) is 2.90. The van der Waals surface area contributed by atoms with Crippen LogP contribution >= 0.6 is 11.6 Å². The Balaban J connectivity index is 2.24. The second kappa shape index (κ2) is 5.23. The van der Waals surface area contributed by atoms with Crippen LogP contribution in [0.3, 0.4) is 0 Å². The molecule has 5 heteroatoms. The smallest absolute Gasteiger partial charge is 0.252 e. The highest BCUT2D eigenvalue weighted by atomic mass is 35.5. The molecule has 94 valence electrons. The molecule has 2 aromatic rings. The zero-order chi connectivity index (χ0) is 13.1. The van der Waals surface area contributed by atoms with Crippen LogP contribution in [0.2, 0.25) is 5.02 Å². The van der Waals surface area contributed by atoms with Crippen LogP contribution in [0.25, 0.3) is 0 Å². The molecule has 0 saturated carbocycles. The first-order valence-electron chi connectivity index (χ1n) is 5.65. The average molecular weight is 264 g/mol. The molecule has 1 unspecified atom stereocenters. The van der Waals surface area contributed by atoms with Crippen LogP contribution in [0.5, 0.6) is 0 Å². The van der Waals surface area contributed by atoms with E-state index >= 15 is 0 Å². The van der Waals surface area contributed by atoms with Gasteiger partial charge in [0, 0.05) is 11.1 Å². The summed E-state index contributed by atoms with van der Waals surface area (Å²) in [7, 11) is 0. The molecule has 1 aromatic heterocycles. The van der Waals surface area contributed by atoms with Gasteiger partial charge in [0.25, 0.3) is 5.56 Å². The van der Waals surface area contributed by atoms with Gasteiger partial charge in [0.2, 0.25) is 0 Å². The van der Waals surface area contributed by atoms with E-state index in [0.29, 0.717) is 16.7 Å². The highest BCUT2D eigenvalue weighted by Crippen LogP contribution is 2.24. The third-order valence-corrected chi connectivity index (χ3v) is 2.94. The fraction of sp³-hybridized carbons (Fsp3) is 0.231. The SMILES string of the molecule is Cc1nc(NC(C)c2ccccc2Cl)cc(=O)[nH]1. The summed E-state index contributed by atoms with van der Waals surface area (Å²) in [4.78, 5) is 18.2. The molecular weight excluding hydrogens is 250 g/mol. The molecule has 2 N–H and O–H groups in total. The van der Waals surface area contributed by atoms with Gasteiger partial charge in [-0.1, -0.05) is 29.8 Å². The molecule has 0 aliphatic heterocycles. The summed E-state index contributed by atoms with van der Waals surface area (Å²) in [5, 5.41) is 3.86. The van der Waals surface area contributed by atoms with Crippen molar-refractivity contribution in [1.82, 2.24) is 9.97 Å². The fourth-order valence-corrected chi connectivity index (χ4v) is 2.08. The molecule has 1 atom stereocenters. The minimum atomic E-state index is -0.170. The van der Waals surface area contributed by atoms with Gasteiger partial charge in [0.05, 0.1) is 6.04 Å². The third-order valence-electron chi connectivity index (χ3n) is 2.60. The number of H-pyrrole nitrogens is 1. The number of halogens is 1. The van der Waals surface area contributed by atoms with Crippen LogP contribution in [-0.4, -0.2) is 9.97 Å². The lowest BCUT2D eigenvalue weighted by Gasteiger charge is -2.16. The number of aromatic nitrogens is 2. The molecule has 0 radical (unpaired) electrons. The Labute approximate surface area is 110 Å². The minimum absolute atomic E-state index is 0.0209. The Morgan fingerprint density at radius 3 is 2.78 bits per heavy atom. The lowest BCUT2D eigenvalue weighted by Crippen LogP contribution is -2.14. The first-order valence-corrected chi connectivity index (χ1v) is 6.03. The van der Waals surface area contributed by atoms with Gasteiger partial charge in [-0.15, -0.1) is 0 Å². The van der Waals surface area contributed by atoms with Crippen LogP contribution < -0.4 is 10.9 Å². The summed E-state index contributed by atoms with van der Waals surface area (Å²) in [6.07, 6.45) is 0. The predicted molar refractivity (Wildman–Crippen MR) is 73.1 cm³/mol. The second-order valence-electron chi connectivity index (χ2n) is 4.10. The zero-order valence-corrected chi connectivity index (χ0v) is 11.0. The third kappa shape index (κ3) is 2.90. The van der Waals surface area contributed by atoms with Crippen LogP contribution in [0.1, 0.15) is 24.4 Å². The van der Waals surface area contributed by atoms with Crippen molar-refractivity contribution in [2.24, 2.45) is 0 Å². The van der Waals surface area contributed by atoms with Crippen molar-refractivity contribution < 1.29 is 0 Å². The van der Waals surface area contributed by atoms with E-state index in [1.807, 2.05) is 31.2 Å². The van der Waals surface area contributed by atoms with Crippen LogP contribution in [0.15, 0.2) is 35.1 Å². The Morgan fingerprint density at radius 2 is 2.11 bits per heavy atom. The van der Waals surface area contributed by atoms with E-state index < -0.39 is 0 Å². The first kappa shape index (κ1) is 12.6. The summed E-state index contributed by atoms with van der Waals surface area (Å²) < 4.78 is 0. The number of aryl methyl sites for hydroxylation is 1.